The summed E-state index contributed by atoms with van der Waals surface area (Å²) in [7, 11) is 0. The van der Waals surface area contributed by atoms with Gasteiger partial charge in [0.1, 0.15) is 0 Å². The molecule has 0 aromatic heterocycles. The number of nitrogens with zero attached hydrogens (tertiary/aromatic N) is 3. The van der Waals surface area contributed by atoms with Gasteiger partial charge in [0.15, 0.2) is 0 Å². The highest BCUT2D eigenvalue weighted by atomic mass is 15.3. The predicted octanol–water partition coefficient (Wildman–Crippen LogP) is 17.7. The van der Waals surface area contributed by atoms with Gasteiger partial charge in [0.2, 0.25) is 6.71 Å². The maximum atomic E-state index is 3.10. The van der Waals surface area contributed by atoms with Gasteiger partial charge in [-0.05, 0) is 156 Å². The lowest BCUT2D eigenvalue weighted by molar-refractivity contribution is 0.132. The SMILES string of the molecule is CC(C)(C)C1=CCC2C(=C1)c1cc(C(C)(C)C)ccc1N2C1CC=C2B3c4ccc(C(C)(C)c5ccccc5)cc4N(C4=CC=CC(C(C)(C)c5ccccc5)C4)C4=CC(C5CCCCC5)CC(C34)N(C3=CCCC=C3)C2C1. The molecular formula is C74H88BN3. The minimum absolute atomic E-state index is 0.0358. The summed E-state index contributed by atoms with van der Waals surface area (Å²) in [5.41, 5.74) is 20.7. The van der Waals surface area contributed by atoms with Crippen LogP contribution in [0.15, 0.2) is 186 Å². The number of rotatable bonds is 8. The standard InChI is InChI=1S/C74H88BN3/c1-71(2,3)53-35-40-64-60(45-53)61-46-54(72(4,5)6)36-41-65(61)77(64)59-37-39-63-67(48-59)76(57-31-21-14-22-32-57)68-42-50(49-24-15-11-16-25-49)43-69-70(68)75(63)62-38-34-56(74(9,10)52-28-19-13-20-29-52)47-66(62)78(69)58-33-23-30-55(44-58)73(7,8)51-26-17-12-18-27-51/h12-13,17-21,23,26-36,38-40,43,45-47,49-50,55,59,65,67-68,70H,11,14-16,22,24-25,37,41-42,44,48H2,1-10H3. The smallest absolute Gasteiger partial charge is 0.220 e. The van der Waals surface area contributed by atoms with Crippen molar-refractivity contribution in [1.82, 2.24) is 4.90 Å². The van der Waals surface area contributed by atoms with Gasteiger partial charge in [-0.1, -0.05) is 227 Å². The van der Waals surface area contributed by atoms with E-state index in [9.17, 15) is 0 Å². The quantitative estimate of drug-likeness (QED) is 0.163. The van der Waals surface area contributed by atoms with E-state index in [4.69, 9.17) is 0 Å². The first-order valence-electron chi connectivity index (χ1n) is 30.8. The van der Waals surface area contributed by atoms with Crippen LogP contribution in [0.1, 0.15) is 174 Å². The average molecular weight is 1030 g/mol. The second-order valence-electron chi connectivity index (χ2n) is 28.5. The number of anilines is 2. The third-order valence-electron chi connectivity index (χ3n) is 21.3. The topological polar surface area (TPSA) is 9.72 Å². The van der Waals surface area contributed by atoms with Crippen LogP contribution in [0.2, 0.25) is 5.82 Å². The minimum atomic E-state index is -0.177. The maximum Gasteiger partial charge on any atom is 0.220 e. The Hall–Kier alpha value is -5.74. The van der Waals surface area contributed by atoms with Gasteiger partial charge >= 0.3 is 0 Å². The van der Waals surface area contributed by atoms with Crippen molar-refractivity contribution in [1.29, 1.82) is 0 Å². The number of allylic oxidation sites excluding steroid dienone is 10. The Morgan fingerprint density at radius 3 is 2.09 bits per heavy atom. The monoisotopic (exact) mass is 1030 g/mol. The van der Waals surface area contributed by atoms with E-state index in [-0.39, 0.29) is 21.7 Å². The second-order valence-corrected chi connectivity index (χ2v) is 28.5. The van der Waals surface area contributed by atoms with Crippen LogP contribution in [-0.2, 0) is 16.2 Å². The van der Waals surface area contributed by atoms with Crippen LogP contribution in [0.3, 0.4) is 0 Å². The molecule has 0 N–H and O–H groups in total. The fourth-order valence-corrected chi connectivity index (χ4v) is 16.6. The molecule has 78 heavy (non-hydrogen) atoms. The van der Waals surface area contributed by atoms with Gasteiger partial charge in [-0.2, -0.15) is 0 Å². The predicted molar refractivity (Wildman–Crippen MR) is 333 cm³/mol. The Bertz CT molecular complexity index is 3220. The third kappa shape index (κ3) is 8.75. The van der Waals surface area contributed by atoms with Crippen molar-refractivity contribution in [2.75, 3.05) is 9.80 Å². The van der Waals surface area contributed by atoms with Crippen molar-refractivity contribution < 1.29 is 0 Å². The van der Waals surface area contributed by atoms with Crippen molar-refractivity contribution in [2.45, 2.75) is 193 Å². The molecule has 0 radical (unpaired) electrons. The molecule has 402 valence electrons. The summed E-state index contributed by atoms with van der Waals surface area (Å²) >= 11 is 0. The molecule has 1 saturated heterocycles. The molecule has 3 heterocycles. The highest BCUT2D eigenvalue weighted by molar-refractivity contribution is 6.84. The van der Waals surface area contributed by atoms with Gasteiger partial charge in [-0.25, -0.2) is 0 Å². The lowest BCUT2D eigenvalue weighted by atomic mass is 9.25. The highest BCUT2D eigenvalue weighted by Crippen LogP contribution is 2.58. The third-order valence-corrected chi connectivity index (χ3v) is 21.3. The van der Waals surface area contributed by atoms with Gasteiger partial charge in [-0.3, -0.25) is 0 Å². The van der Waals surface area contributed by atoms with Crippen LogP contribution in [0.25, 0.3) is 5.57 Å². The molecule has 0 amide bonds. The van der Waals surface area contributed by atoms with Crippen LogP contribution in [0, 0.1) is 23.2 Å². The fourth-order valence-electron chi connectivity index (χ4n) is 16.6. The molecule has 2 fully saturated rings. The second kappa shape index (κ2) is 19.5. The molecule has 7 atom stereocenters. The average Bonchev–Trinajstić information content (AvgIpc) is 3.39. The zero-order chi connectivity index (χ0) is 53.9. The van der Waals surface area contributed by atoms with Gasteiger partial charge < -0.3 is 14.7 Å². The Balaban J connectivity index is 0.991. The van der Waals surface area contributed by atoms with Gasteiger partial charge in [0.25, 0.3) is 0 Å². The molecule has 7 unspecified atom stereocenters. The van der Waals surface area contributed by atoms with Crippen molar-refractivity contribution in [3.05, 3.63) is 214 Å². The molecule has 3 nitrogen and oxygen atoms in total. The molecule has 1 saturated carbocycles. The molecular weight excluding hydrogens is 942 g/mol. The van der Waals surface area contributed by atoms with Crippen LogP contribution >= 0.6 is 0 Å². The van der Waals surface area contributed by atoms with Gasteiger partial charge in [0.05, 0.1) is 6.04 Å². The normalized spacial score (nSPS) is 27.1. The van der Waals surface area contributed by atoms with E-state index in [0.29, 0.717) is 48.5 Å². The van der Waals surface area contributed by atoms with E-state index in [1.54, 1.807) is 22.2 Å². The Morgan fingerprint density at radius 1 is 0.628 bits per heavy atom. The Morgan fingerprint density at radius 2 is 1.37 bits per heavy atom. The zero-order valence-electron chi connectivity index (χ0n) is 49.0. The van der Waals surface area contributed by atoms with Gasteiger partial charge in [-0.15, -0.1) is 0 Å². The van der Waals surface area contributed by atoms with Crippen molar-refractivity contribution in [3.63, 3.8) is 0 Å². The van der Waals surface area contributed by atoms with E-state index in [1.807, 2.05) is 0 Å². The van der Waals surface area contributed by atoms with Crippen molar-refractivity contribution >= 4 is 29.1 Å². The molecule has 0 spiro atoms. The first-order chi connectivity index (χ1) is 37.5. The molecule has 9 aliphatic rings. The molecule has 4 aromatic rings. The van der Waals surface area contributed by atoms with Crippen LogP contribution < -0.4 is 15.3 Å². The molecule has 0 bridgehead atoms. The molecule has 3 aliphatic heterocycles. The maximum absolute atomic E-state index is 3.10. The van der Waals surface area contributed by atoms with Crippen LogP contribution in [0.5, 0.6) is 0 Å². The van der Waals surface area contributed by atoms with E-state index < -0.39 is 0 Å². The number of fused-ring (bicyclic) bond motifs is 7. The number of hydrogen-bond donors (Lipinski definition) is 0. The molecule has 13 rings (SSSR count). The largest absolute Gasteiger partial charge is 0.363 e. The minimum Gasteiger partial charge on any atom is -0.363 e. The summed E-state index contributed by atoms with van der Waals surface area (Å²) in [6, 6.07) is 39.5. The zero-order valence-corrected chi connectivity index (χ0v) is 49.0. The fraction of sp³-hybridized carbons (Fsp3) is 0.459. The molecule has 4 heteroatoms. The summed E-state index contributed by atoms with van der Waals surface area (Å²) in [6.07, 6.45) is 40.7. The summed E-state index contributed by atoms with van der Waals surface area (Å²) in [5.74, 6) is 1.95. The lowest BCUT2D eigenvalue weighted by Gasteiger charge is -2.61. The van der Waals surface area contributed by atoms with Gasteiger partial charge in [0, 0.05) is 63.4 Å². The first kappa shape index (κ1) is 51.7. The number of hydrogen-bond acceptors (Lipinski definition) is 3. The number of benzene rings is 4. The van der Waals surface area contributed by atoms with Crippen LogP contribution in [-0.4, -0.2) is 35.8 Å². The van der Waals surface area contributed by atoms with E-state index in [0.717, 1.165) is 44.4 Å². The lowest BCUT2D eigenvalue weighted by Crippen LogP contribution is -2.67. The van der Waals surface area contributed by atoms with Crippen molar-refractivity contribution in [2.24, 2.45) is 23.2 Å². The Kier molecular flexibility index (Phi) is 12.9. The summed E-state index contributed by atoms with van der Waals surface area (Å²) < 4.78 is 0. The summed E-state index contributed by atoms with van der Waals surface area (Å²) in [6.45, 7) is 24.5. The summed E-state index contributed by atoms with van der Waals surface area (Å²) in [5, 5.41) is 0. The summed E-state index contributed by atoms with van der Waals surface area (Å²) in [4.78, 5) is 8.95. The van der Waals surface area contributed by atoms with Crippen molar-refractivity contribution in [3.8, 4) is 0 Å². The highest BCUT2D eigenvalue weighted by Gasteiger charge is 2.58. The molecule has 6 aliphatic carbocycles. The Labute approximate surface area is 470 Å². The molecule has 4 aromatic carbocycles. The van der Waals surface area contributed by atoms with E-state index in [2.05, 4.69) is 242 Å². The van der Waals surface area contributed by atoms with E-state index >= 15 is 0 Å². The first-order valence-corrected chi connectivity index (χ1v) is 30.8. The van der Waals surface area contributed by atoms with Crippen LogP contribution in [0.4, 0.5) is 11.4 Å². The van der Waals surface area contributed by atoms with E-state index in [1.165, 1.54) is 94.7 Å².